The maximum atomic E-state index is 12.9. The first-order chi connectivity index (χ1) is 12.3. The molecule has 2 heterocycles. The Kier molecular flexibility index (Phi) is 4.24. The van der Waals surface area contributed by atoms with Gasteiger partial charge in [0.25, 0.3) is 0 Å². The Bertz CT molecular complexity index is 1100. The van der Waals surface area contributed by atoms with E-state index in [0.29, 0.717) is 16.0 Å². The van der Waals surface area contributed by atoms with Gasteiger partial charge in [-0.15, -0.1) is 0 Å². The van der Waals surface area contributed by atoms with Gasteiger partial charge in [0.05, 0.1) is 22.9 Å². The molecule has 0 saturated heterocycles. The normalized spacial score (nSPS) is 10.9. The summed E-state index contributed by atoms with van der Waals surface area (Å²) in [5.74, 6) is -0.481. The smallest absolute Gasteiger partial charge is 0.361 e. The lowest BCUT2D eigenvalue weighted by Gasteiger charge is -2.16. The molecule has 0 saturated carbocycles. The van der Waals surface area contributed by atoms with Gasteiger partial charge in [0.2, 0.25) is 17.4 Å². The Morgan fingerprint density at radius 1 is 1.31 bits per heavy atom. The second-order valence-corrected chi connectivity index (χ2v) is 5.59. The van der Waals surface area contributed by atoms with Crippen LogP contribution in [-0.2, 0) is 18.4 Å². The molecule has 1 N–H and O–H groups in total. The number of benzene rings is 1. The number of carbonyl (C=O) groups excluding carboxylic acids is 1. The van der Waals surface area contributed by atoms with Crippen LogP contribution in [0.4, 0.5) is 5.69 Å². The lowest BCUT2D eigenvalue weighted by Crippen LogP contribution is -2.47. The van der Waals surface area contributed by atoms with Crippen molar-refractivity contribution in [1.82, 2.24) is 19.3 Å². The first-order valence-corrected chi connectivity index (χ1v) is 7.83. The number of para-hydroxylation sites is 1. The summed E-state index contributed by atoms with van der Waals surface area (Å²) in [6.07, 6.45) is 0. The molecule has 134 valence electrons. The number of aromatic nitrogens is 5. The summed E-state index contributed by atoms with van der Waals surface area (Å²) in [5.41, 5.74) is -1.10. The average molecular weight is 356 g/mol. The number of anilines is 1. The number of hydrogen-bond donors (Lipinski definition) is 1. The monoisotopic (exact) mass is 356 g/mol. The van der Waals surface area contributed by atoms with E-state index in [2.05, 4.69) is 15.4 Å². The van der Waals surface area contributed by atoms with E-state index in [4.69, 9.17) is 0 Å². The number of hydrogen-bond acceptors (Lipinski definition) is 6. The number of carbonyl (C=O) groups is 1. The van der Waals surface area contributed by atoms with Crippen LogP contribution in [0.15, 0.2) is 33.9 Å². The Morgan fingerprint density at radius 2 is 2.00 bits per heavy atom. The lowest BCUT2D eigenvalue weighted by atomic mass is 10.1. The zero-order valence-electron chi connectivity index (χ0n) is 14.4. The van der Waals surface area contributed by atoms with Gasteiger partial charge in [-0.25, -0.2) is 9.52 Å². The predicted octanol–water partition coefficient (Wildman–Crippen LogP) is -0.279. The molecule has 10 heteroatoms. The van der Waals surface area contributed by atoms with E-state index >= 15 is 0 Å². The Labute approximate surface area is 147 Å². The van der Waals surface area contributed by atoms with Crippen LogP contribution in [-0.4, -0.2) is 25.2 Å². The van der Waals surface area contributed by atoms with Gasteiger partial charge in [0.1, 0.15) is 0 Å². The highest BCUT2D eigenvalue weighted by molar-refractivity contribution is 5.92. The van der Waals surface area contributed by atoms with Crippen LogP contribution in [0.25, 0.3) is 22.9 Å². The molecule has 0 unspecified atom stereocenters. The second kappa shape index (κ2) is 6.39. The van der Waals surface area contributed by atoms with E-state index in [9.17, 15) is 19.6 Å². The average Bonchev–Trinajstić information content (AvgIpc) is 2.60. The molecule has 10 nitrogen and oxygen atoms in total. The summed E-state index contributed by atoms with van der Waals surface area (Å²) in [7, 11) is 1.25. The zero-order chi connectivity index (χ0) is 19.0. The van der Waals surface area contributed by atoms with Gasteiger partial charge in [-0.1, -0.05) is 12.1 Å². The van der Waals surface area contributed by atoms with E-state index in [-0.39, 0.29) is 29.8 Å². The molecule has 0 atom stereocenters. The molecule has 0 aromatic heterocycles. The standard InChI is InChI=1S/C16H16N6O4/c1-4-21-14-12(15(24)20(3)16(25)18-14)22(26)13(19-21)10-7-5-6-8-11(10)17-9(2)23/h5-8H,4H2,1-3H3,(H,17,23). The Balaban J connectivity index is 2.42. The zero-order valence-corrected chi connectivity index (χ0v) is 14.4. The third-order valence-electron chi connectivity index (χ3n) is 3.84. The van der Waals surface area contributed by atoms with Crippen LogP contribution in [0.5, 0.6) is 0 Å². The molecule has 0 spiro atoms. The fourth-order valence-corrected chi connectivity index (χ4v) is 2.59. The van der Waals surface area contributed by atoms with Crippen molar-refractivity contribution in [3.63, 3.8) is 0 Å². The molecule has 1 aromatic carbocycles. The first-order valence-electron chi connectivity index (χ1n) is 7.83. The van der Waals surface area contributed by atoms with Crippen molar-refractivity contribution >= 4 is 11.6 Å². The lowest BCUT2D eigenvalue weighted by molar-refractivity contribution is -0.587. The minimum absolute atomic E-state index is 0.0822. The summed E-state index contributed by atoms with van der Waals surface area (Å²) in [6, 6.07) is 6.60. The first kappa shape index (κ1) is 17.3. The fraction of sp³-hybridized carbons (Fsp3) is 0.250. The van der Waals surface area contributed by atoms with Gasteiger partial charge < -0.3 is 10.5 Å². The third kappa shape index (κ3) is 2.70. The van der Waals surface area contributed by atoms with Crippen molar-refractivity contribution in [1.29, 1.82) is 0 Å². The predicted molar refractivity (Wildman–Crippen MR) is 92.5 cm³/mol. The summed E-state index contributed by atoms with van der Waals surface area (Å²) >= 11 is 0. The highest BCUT2D eigenvalue weighted by Crippen LogP contribution is 2.25. The number of rotatable bonds is 3. The molecule has 0 fully saturated rings. The SMILES string of the molecule is CCn1nc(-c2ccccc2NC(C)=O)[n+]([O-])c2c(=O)n(C)c(=O)nc1-2. The van der Waals surface area contributed by atoms with Gasteiger partial charge in [-0.2, -0.15) is 9.67 Å². The van der Waals surface area contributed by atoms with Gasteiger partial charge in [0.15, 0.2) is 0 Å². The van der Waals surface area contributed by atoms with Crippen molar-refractivity contribution in [2.45, 2.75) is 20.4 Å². The van der Waals surface area contributed by atoms with Crippen molar-refractivity contribution in [3.05, 3.63) is 50.3 Å². The number of aryl methyl sites for hydroxylation is 1. The van der Waals surface area contributed by atoms with Crippen LogP contribution in [0.2, 0.25) is 0 Å². The highest BCUT2D eigenvalue weighted by atomic mass is 16.5. The summed E-state index contributed by atoms with van der Waals surface area (Å²) < 4.78 is 2.42. The van der Waals surface area contributed by atoms with Gasteiger partial charge in [-0.05, 0) is 19.1 Å². The van der Waals surface area contributed by atoms with Crippen LogP contribution in [0, 0.1) is 5.21 Å². The Morgan fingerprint density at radius 3 is 2.65 bits per heavy atom. The largest absolute Gasteiger partial charge is 0.710 e. The molecular weight excluding hydrogens is 340 g/mol. The van der Waals surface area contributed by atoms with Crippen LogP contribution in [0.1, 0.15) is 13.8 Å². The van der Waals surface area contributed by atoms with E-state index in [0.717, 1.165) is 4.57 Å². The van der Waals surface area contributed by atoms with E-state index < -0.39 is 11.2 Å². The quantitative estimate of drug-likeness (QED) is 0.508. The van der Waals surface area contributed by atoms with Crippen molar-refractivity contribution in [2.24, 2.45) is 7.05 Å². The molecule has 0 bridgehead atoms. The minimum atomic E-state index is -0.766. The van der Waals surface area contributed by atoms with E-state index in [1.807, 2.05) is 0 Å². The van der Waals surface area contributed by atoms with Crippen molar-refractivity contribution in [2.75, 3.05) is 5.32 Å². The minimum Gasteiger partial charge on any atom is -0.710 e. The fourth-order valence-electron chi connectivity index (χ4n) is 2.59. The third-order valence-corrected chi connectivity index (χ3v) is 3.84. The number of fused-ring (bicyclic) bond motifs is 1. The molecule has 26 heavy (non-hydrogen) atoms. The summed E-state index contributed by atoms with van der Waals surface area (Å²) in [5, 5.41) is 19.8. The number of amides is 1. The molecule has 2 aliphatic heterocycles. The van der Waals surface area contributed by atoms with Crippen molar-refractivity contribution in [3.8, 4) is 22.9 Å². The van der Waals surface area contributed by atoms with E-state index in [1.54, 1.807) is 31.2 Å². The number of nitrogens with zero attached hydrogens (tertiary/aromatic N) is 5. The molecule has 3 rings (SSSR count). The molecular formula is C16H16N6O4. The molecule has 0 radical (unpaired) electrons. The second-order valence-electron chi connectivity index (χ2n) is 5.59. The molecule has 1 aromatic rings. The van der Waals surface area contributed by atoms with Gasteiger partial charge in [-0.3, -0.25) is 14.2 Å². The van der Waals surface area contributed by atoms with Crippen LogP contribution >= 0.6 is 0 Å². The Hall–Kier alpha value is -3.56. The summed E-state index contributed by atoms with van der Waals surface area (Å²) in [6.45, 7) is 3.37. The molecule has 1 amide bonds. The maximum absolute atomic E-state index is 12.9. The maximum Gasteiger partial charge on any atom is 0.361 e. The summed E-state index contributed by atoms with van der Waals surface area (Å²) in [4.78, 5) is 39.5. The van der Waals surface area contributed by atoms with Gasteiger partial charge >= 0.3 is 17.1 Å². The van der Waals surface area contributed by atoms with Gasteiger partial charge in [0, 0.05) is 14.0 Å². The molecule has 2 aliphatic rings. The van der Waals surface area contributed by atoms with Crippen molar-refractivity contribution < 1.29 is 9.52 Å². The van der Waals surface area contributed by atoms with E-state index in [1.165, 1.54) is 18.7 Å². The van der Waals surface area contributed by atoms with Crippen LogP contribution < -0.4 is 21.3 Å². The highest BCUT2D eigenvalue weighted by Gasteiger charge is 2.29. The topological polar surface area (TPSA) is 126 Å². The molecule has 0 aliphatic carbocycles. The number of nitrogens with one attached hydrogen (secondary N) is 1. The van der Waals surface area contributed by atoms with Crippen LogP contribution in [0.3, 0.4) is 0 Å².